The molecule has 0 unspecified atom stereocenters. The first-order chi connectivity index (χ1) is 7.70. The van der Waals surface area contributed by atoms with Crippen LogP contribution in [0.15, 0.2) is 12.3 Å². The van der Waals surface area contributed by atoms with E-state index in [0.717, 1.165) is 23.1 Å². The van der Waals surface area contributed by atoms with Gasteiger partial charge in [0.05, 0.1) is 16.9 Å². The standard InChI is InChI=1S/C8H10N2O6S/c1-17(15,16)3-2-9-5-6(10(13)14)4-7(9)8(11)12/h4-5H,2-3H2,1H3,(H,11,12). The van der Waals surface area contributed by atoms with Crippen molar-refractivity contribution in [2.45, 2.75) is 6.54 Å². The fraction of sp³-hybridized carbons (Fsp3) is 0.375. The van der Waals surface area contributed by atoms with Crippen LogP contribution < -0.4 is 0 Å². The van der Waals surface area contributed by atoms with Gasteiger partial charge in [0, 0.05) is 18.9 Å². The number of nitro groups is 1. The van der Waals surface area contributed by atoms with E-state index >= 15 is 0 Å². The number of carbonyl (C=O) groups is 1. The van der Waals surface area contributed by atoms with Crippen LogP contribution in [0.1, 0.15) is 10.5 Å². The third-order valence-electron chi connectivity index (χ3n) is 2.02. The molecule has 0 spiro atoms. The highest BCUT2D eigenvalue weighted by Gasteiger charge is 2.19. The molecule has 1 N–H and O–H groups in total. The molecule has 0 aliphatic heterocycles. The van der Waals surface area contributed by atoms with Crippen LogP contribution in [0.2, 0.25) is 0 Å². The number of hydrogen-bond acceptors (Lipinski definition) is 5. The van der Waals surface area contributed by atoms with Crippen molar-refractivity contribution >= 4 is 21.5 Å². The Balaban J connectivity index is 3.05. The van der Waals surface area contributed by atoms with E-state index in [9.17, 15) is 23.3 Å². The molecular weight excluding hydrogens is 252 g/mol. The topological polar surface area (TPSA) is 120 Å². The zero-order valence-electron chi connectivity index (χ0n) is 8.86. The lowest BCUT2D eigenvalue weighted by Gasteiger charge is -2.03. The molecule has 0 saturated heterocycles. The number of aromatic carboxylic acids is 1. The largest absolute Gasteiger partial charge is 0.477 e. The van der Waals surface area contributed by atoms with Gasteiger partial charge in [0.15, 0.2) is 0 Å². The van der Waals surface area contributed by atoms with Gasteiger partial charge in [0.2, 0.25) is 0 Å². The second kappa shape index (κ2) is 4.53. The molecule has 1 heterocycles. The van der Waals surface area contributed by atoms with E-state index in [0.29, 0.717) is 0 Å². The maximum Gasteiger partial charge on any atom is 0.352 e. The Hall–Kier alpha value is -1.90. The van der Waals surface area contributed by atoms with E-state index in [4.69, 9.17) is 5.11 Å². The molecule has 0 fully saturated rings. The van der Waals surface area contributed by atoms with Gasteiger partial charge in [-0.15, -0.1) is 0 Å². The minimum Gasteiger partial charge on any atom is -0.477 e. The molecule has 0 saturated carbocycles. The maximum atomic E-state index is 10.9. The first kappa shape index (κ1) is 13.2. The first-order valence-electron chi connectivity index (χ1n) is 4.46. The Bertz CT molecular complexity index is 559. The Morgan fingerprint density at radius 3 is 2.59 bits per heavy atom. The number of rotatable bonds is 5. The van der Waals surface area contributed by atoms with Gasteiger partial charge in [-0.25, -0.2) is 13.2 Å². The summed E-state index contributed by atoms with van der Waals surface area (Å²) in [4.78, 5) is 20.5. The van der Waals surface area contributed by atoms with Crippen molar-refractivity contribution in [2.24, 2.45) is 0 Å². The van der Waals surface area contributed by atoms with Crippen molar-refractivity contribution in [1.29, 1.82) is 0 Å². The normalized spacial score (nSPS) is 11.4. The number of nitrogens with zero attached hydrogens (tertiary/aromatic N) is 2. The van der Waals surface area contributed by atoms with Crippen LogP contribution in [0.4, 0.5) is 5.69 Å². The fourth-order valence-corrected chi connectivity index (χ4v) is 1.75. The van der Waals surface area contributed by atoms with Gasteiger partial charge in [-0.05, 0) is 0 Å². The van der Waals surface area contributed by atoms with Crippen molar-refractivity contribution in [3.63, 3.8) is 0 Å². The summed E-state index contributed by atoms with van der Waals surface area (Å²) in [6, 6.07) is 0.893. The number of hydrogen-bond donors (Lipinski definition) is 1. The van der Waals surface area contributed by atoms with Crippen molar-refractivity contribution in [1.82, 2.24) is 4.57 Å². The lowest BCUT2D eigenvalue weighted by Crippen LogP contribution is -2.14. The lowest BCUT2D eigenvalue weighted by molar-refractivity contribution is -0.384. The number of aromatic nitrogens is 1. The molecule has 0 amide bonds. The molecule has 94 valence electrons. The molecular formula is C8H10N2O6S. The molecule has 1 aromatic heterocycles. The monoisotopic (exact) mass is 262 g/mol. The molecule has 1 aromatic rings. The summed E-state index contributed by atoms with van der Waals surface area (Å²) < 4.78 is 22.9. The summed E-state index contributed by atoms with van der Waals surface area (Å²) in [5.74, 6) is -1.62. The Labute approximate surface area is 96.5 Å². The number of carboxylic acid groups (broad SMARTS) is 1. The van der Waals surface area contributed by atoms with Crippen molar-refractivity contribution in [3.8, 4) is 0 Å². The number of carboxylic acids is 1. The predicted octanol–water partition coefficient (Wildman–Crippen LogP) is 0.139. The minimum atomic E-state index is -3.26. The van der Waals surface area contributed by atoms with E-state index in [1.807, 2.05) is 0 Å². The summed E-state index contributed by atoms with van der Waals surface area (Å²) >= 11 is 0. The smallest absolute Gasteiger partial charge is 0.352 e. The molecule has 8 nitrogen and oxygen atoms in total. The van der Waals surface area contributed by atoms with E-state index in [-0.39, 0.29) is 23.7 Å². The summed E-state index contributed by atoms with van der Waals surface area (Å²) in [5, 5.41) is 19.3. The molecule has 0 atom stereocenters. The quantitative estimate of drug-likeness (QED) is 0.595. The van der Waals surface area contributed by atoms with Gasteiger partial charge in [0.1, 0.15) is 15.5 Å². The van der Waals surface area contributed by atoms with Crippen LogP contribution >= 0.6 is 0 Å². The van der Waals surface area contributed by atoms with Gasteiger partial charge in [-0.1, -0.05) is 0 Å². The van der Waals surface area contributed by atoms with Crippen LogP contribution in [0.25, 0.3) is 0 Å². The zero-order chi connectivity index (χ0) is 13.2. The van der Waals surface area contributed by atoms with Gasteiger partial charge in [-0.3, -0.25) is 10.1 Å². The Kier molecular flexibility index (Phi) is 3.51. The maximum absolute atomic E-state index is 10.9. The van der Waals surface area contributed by atoms with Gasteiger partial charge in [0.25, 0.3) is 5.69 Å². The van der Waals surface area contributed by atoms with E-state index < -0.39 is 20.7 Å². The summed E-state index contributed by atoms with van der Waals surface area (Å²) in [6.07, 6.45) is 2.01. The molecule has 0 bridgehead atoms. The van der Waals surface area contributed by atoms with Crippen molar-refractivity contribution in [3.05, 3.63) is 28.1 Å². The first-order valence-corrected chi connectivity index (χ1v) is 6.52. The molecule has 0 aliphatic carbocycles. The number of aryl methyl sites for hydroxylation is 1. The van der Waals surface area contributed by atoms with Crippen molar-refractivity contribution in [2.75, 3.05) is 12.0 Å². The van der Waals surface area contributed by atoms with Crippen LogP contribution in [0, 0.1) is 10.1 Å². The Morgan fingerprint density at radius 1 is 1.59 bits per heavy atom. The van der Waals surface area contributed by atoms with Gasteiger partial charge < -0.3 is 9.67 Å². The SMILES string of the molecule is CS(=O)(=O)CCn1cc([N+](=O)[O-])cc1C(=O)O. The number of sulfone groups is 1. The highest BCUT2D eigenvalue weighted by Crippen LogP contribution is 2.16. The highest BCUT2D eigenvalue weighted by molar-refractivity contribution is 7.90. The summed E-state index contributed by atoms with van der Waals surface area (Å²) in [5.41, 5.74) is -0.684. The fourth-order valence-electron chi connectivity index (χ4n) is 1.22. The van der Waals surface area contributed by atoms with Crippen LogP contribution in [-0.4, -0.2) is 41.0 Å². The summed E-state index contributed by atoms with van der Waals surface area (Å²) in [7, 11) is -3.26. The molecule has 0 aliphatic rings. The van der Waals surface area contributed by atoms with E-state index in [1.54, 1.807) is 0 Å². The van der Waals surface area contributed by atoms with E-state index in [2.05, 4.69) is 0 Å². The van der Waals surface area contributed by atoms with E-state index in [1.165, 1.54) is 0 Å². The molecule has 9 heteroatoms. The zero-order valence-corrected chi connectivity index (χ0v) is 9.68. The third-order valence-corrected chi connectivity index (χ3v) is 2.94. The lowest BCUT2D eigenvalue weighted by atomic mass is 10.4. The Morgan fingerprint density at radius 2 is 2.18 bits per heavy atom. The predicted molar refractivity (Wildman–Crippen MR) is 57.8 cm³/mol. The molecule has 1 rings (SSSR count). The van der Waals surface area contributed by atoms with Gasteiger partial charge in [-0.2, -0.15) is 0 Å². The third kappa shape index (κ3) is 3.55. The van der Waals surface area contributed by atoms with Crippen LogP contribution in [-0.2, 0) is 16.4 Å². The average Bonchev–Trinajstić information content (AvgIpc) is 2.57. The van der Waals surface area contributed by atoms with Crippen LogP contribution in [0.3, 0.4) is 0 Å². The molecule has 0 radical (unpaired) electrons. The molecule has 17 heavy (non-hydrogen) atoms. The van der Waals surface area contributed by atoms with Crippen molar-refractivity contribution < 1.29 is 23.2 Å². The van der Waals surface area contributed by atoms with Gasteiger partial charge >= 0.3 is 5.97 Å². The molecule has 0 aromatic carbocycles. The second-order valence-corrected chi connectivity index (χ2v) is 5.73. The summed E-state index contributed by atoms with van der Waals surface area (Å²) in [6.45, 7) is -0.131. The highest BCUT2D eigenvalue weighted by atomic mass is 32.2. The minimum absolute atomic E-state index is 0.131. The van der Waals surface area contributed by atoms with Crippen LogP contribution in [0.5, 0.6) is 0 Å². The second-order valence-electron chi connectivity index (χ2n) is 3.47. The average molecular weight is 262 g/mol.